The normalized spacial score (nSPS) is 11.0. The van der Waals surface area contributed by atoms with Crippen molar-refractivity contribution in [3.63, 3.8) is 0 Å². The number of ether oxygens (including phenoxy) is 2. The van der Waals surface area contributed by atoms with Gasteiger partial charge >= 0.3 is 0 Å². The molecule has 0 saturated carbocycles. The number of benzene rings is 3. The van der Waals surface area contributed by atoms with Gasteiger partial charge in [0.1, 0.15) is 0 Å². The molecular formula is C23H24N2O5S. The van der Waals surface area contributed by atoms with Gasteiger partial charge in [-0.25, -0.2) is 8.42 Å². The molecule has 3 aromatic rings. The van der Waals surface area contributed by atoms with Crippen LogP contribution in [0.25, 0.3) is 0 Å². The average molecular weight is 441 g/mol. The zero-order chi connectivity index (χ0) is 22.6. The maximum atomic E-state index is 13.1. The standard InChI is InChI=1S/C23H24N2O5S/c1-16-8-5-6-11-20(16)25(2)31(27,28)19-10-7-9-17(14-19)23(26)24-18-12-13-21(29-3)22(15-18)30-4/h5-15H,1-4H3,(H,24,26). The second kappa shape index (κ2) is 9.09. The molecule has 162 valence electrons. The fourth-order valence-electron chi connectivity index (χ4n) is 3.12. The summed E-state index contributed by atoms with van der Waals surface area (Å²) in [6.45, 7) is 1.84. The van der Waals surface area contributed by atoms with Crippen molar-refractivity contribution < 1.29 is 22.7 Å². The molecule has 8 heteroatoms. The average Bonchev–Trinajstić information content (AvgIpc) is 2.78. The van der Waals surface area contributed by atoms with Crippen LogP contribution in [0.2, 0.25) is 0 Å². The molecule has 0 aliphatic heterocycles. The summed E-state index contributed by atoms with van der Waals surface area (Å²) in [5, 5.41) is 2.75. The van der Waals surface area contributed by atoms with Crippen molar-refractivity contribution in [2.24, 2.45) is 0 Å². The number of carbonyl (C=O) groups excluding carboxylic acids is 1. The van der Waals surface area contributed by atoms with Crippen LogP contribution in [0.3, 0.4) is 0 Å². The molecule has 0 atom stereocenters. The molecule has 0 fully saturated rings. The van der Waals surface area contributed by atoms with Crippen molar-refractivity contribution in [1.82, 2.24) is 0 Å². The number of amides is 1. The van der Waals surface area contributed by atoms with Gasteiger partial charge in [0.2, 0.25) is 0 Å². The lowest BCUT2D eigenvalue weighted by molar-refractivity contribution is 0.102. The van der Waals surface area contributed by atoms with E-state index in [1.807, 2.05) is 19.1 Å². The topological polar surface area (TPSA) is 84.9 Å². The number of aryl methyl sites for hydroxylation is 1. The third kappa shape index (κ3) is 4.64. The van der Waals surface area contributed by atoms with Crippen LogP contribution in [0.1, 0.15) is 15.9 Å². The second-order valence-corrected chi connectivity index (χ2v) is 8.78. The zero-order valence-corrected chi connectivity index (χ0v) is 18.6. The summed E-state index contributed by atoms with van der Waals surface area (Å²) in [4.78, 5) is 12.8. The minimum Gasteiger partial charge on any atom is -0.493 e. The zero-order valence-electron chi connectivity index (χ0n) is 17.7. The molecule has 7 nitrogen and oxygen atoms in total. The van der Waals surface area contributed by atoms with Gasteiger partial charge in [0.05, 0.1) is 24.8 Å². The number of methoxy groups -OCH3 is 2. The third-order valence-corrected chi connectivity index (χ3v) is 6.62. The molecule has 0 saturated heterocycles. The Morgan fingerprint density at radius 3 is 2.29 bits per heavy atom. The number of nitrogens with zero attached hydrogens (tertiary/aromatic N) is 1. The molecule has 0 unspecified atom stereocenters. The number of anilines is 2. The highest BCUT2D eigenvalue weighted by Gasteiger charge is 2.23. The van der Waals surface area contributed by atoms with E-state index in [1.165, 1.54) is 37.7 Å². The molecule has 0 aliphatic carbocycles. The van der Waals surface area contributed by atoms with Crippen molar-refractivity contribution in [1.29, 1.82) is 0 Å². The van der Waals surface area contributed by atoms with Gasteiger partial charge in [-0.1, -0.05) is 24.3 Å². The van der Waals surface area contributed by atoms with Crippen LogP contribution in [0.15, 0.2) is 71.6 Å². The summed E-state index contributed by atoms with van der Waals surface area (Å²) >= 11 is 0. The lowest BCUT2D eigenvalue weighted by atomic mass is 10.2. The highest BCUT2D eigenvalue weighted by atomic mass is 32.2. The highest BCUT2D eigenvalue weighted by molar-refractivity contribution is 7.92. The summed E-state index contributed by atoms with van der Waals surface area (Å²) in [6.07, 6.45) is 0. The largest absolute Gasteiger partial charge is 0.493 e. The first-order chi connectivity index (χ1) is 14.8. The molecule has 31 heavy (non-hydrogen) atoms. The lowest BCUT2D eigenvalue weighted by Crippen LogP contribution is -2.27. The van der Waals surface area contributed by atoms with E-state index in [2.05, 4.69) is 5.32 Å². The van der Waals surface area contributed by atoms with Crippen LogP contribution in [0.4, 0.5) is 11.4 Å². The Morgan fingerprint density at radius 1 is 0.903 bits per heavy atom. The summed E-state index contributed by atoms with van der Waals surface area (Å²) in [6, 6.07) is 18.1. The second-order valence-electron chi connectivity index (χ2n) is 6.81. The molecule has 0 aromatic heterocycles. The van der Waals surface area contributed by atoms with E-state index in [4.69, 9.17) is 9.47 Å². The summed E-state index contributed by atoms with van der Waals surface area (Å²) in [7, 11) is 0.674. The molecule has 0 heterocycles. The van der Waals surface area contributed by atoms with Gasteiger partial charge in [-0.05, 0) is 48.9 Å². The summed E-state index contributed by atoms with van der Waals surface area (Å²) in [5.41, 5.74) is 2.11. The monoisotopic (exact) mass is 440 g/mol. The van der Waals surface area contributed by atoms with Crippen LogP contribution < -0.4 is 19.1 Å². The van der Waals surface area contributed by atoms with Gasteiger partial charge in [0, 0.05) is 24.4 Å². The van der Waals surface area contributed by atoms with Gasteiger partial charge in [-0.3, -0.25) is 9.10 Å². The van der Waals surface area contributed by atoms with Crippen molar-refractivity contribution in [2.75, 3.05) is 30.9 Å². The van der Waals surface area contributed by atoms with E-state index < -0.39 is 15.9 Å². The fourth-order valence-corrected chi connectivity index (χ4v) is 4.43. The van der Waals surface area contributed by atoms with Gasteiger partial charge in [-0.15, -0.1) is 0 Å². The van der Waals surface area contributed by atoms with E-state index >= 15 is 0 Å². The molecule has 0 spiro atoms. The van der Waals surface area contributed by atoms with Crippen LogP contribution in [0, 0.1) is 6.92 Å². The number of hydrogen-bond donors (Lipinski definition) is 1. The van der Waals surface area contributed by atoms with Crippen LogP contribution in [-0.4, -0.2) is 35.6 Å². The van der Waals surface area contributed by atoms with E-state index in [0.29, 0.717) is 22.9 Å². The molecular weight excluding hydrogens is 416 g/mol. The van der Waals surface area contributed by atoms with Crippen molar-refractivity contribution >= 4 is 27.3 Å². The van der Waals surface area contributed by atoms with Crippen LogP contribution in [0.5, 0.6) is 11.5 Å². The van der Waals surface area contributed by atoms with Gasteiger partial charge in [0.25, 0.3) is 15.9 Å². The Labute approximate surface area is 182 Å². The first-order valence-corrected chi connectivity index (χ1v) is 10.9. The number of sulfonamides is 1. The molecule has 0 aliphatic rings. The molecule has 3 aromatic carbocycles. The van der Waals surface area contributed by atoms with Gasteiger partial charge in [0.15, 0.2) is 11.5 Å². The summed E-state index contributed by atoms with van der Waals surface area (Å²) < 4.78 is 37.9. The van der Waals surface area contributed by atoms with Crippen molar-refractivity contribution in [3.05, 3.63) is 77.9 Å². The number of nitrogens with one attached hydrogen (secondary N) is 1. The Hall–Kier alpha value is -3.52. The maximum absolute atomic E-state index is 13.1. The quantitative estimate of drug-likeness (QED) is 0.598. The first kappa shape index (κ1) is 22.2. The Bertz CT molecular complexity index is 1210. The number of carbonyl (C=O) groups is 1. The van der Waals surface area contributed by atoms with Crippen LogP contribution >= 0.6 is 0 Å². The van der Waals surface area contributed by atoms with E-state index in [-0.39, 0.29) is 10.5 Å². The molecule has 0 bridgehead atoms. The molecule has 3 rings (SSSR count). The molecule has 1 amide bonds. The Morgan fingerprint density at radius 2 is 1.61 bits per heavy atom. The summed E-state index contributed by atoms with van der Waals surface area (Å²) in [5.74, 6) is 0.562. The smallest absolute Gasteiger partial charge is 0.264 e. The maximum Gasteiger partial charge on any atom is 0.264 e. The SMILES string of the molecule is COc1ccc(NC(=O)c2cccc(S(=O)(=O)N(C)c3ccccc3C)c2)cc1OC. The number of rotatable bonds is 7. The van der Waals surface area contributed by atoms with Gasteiger partial charge < -0.3 is 14.8 Å². The lowest BCUT2D eigenvalue weighted by Gasteiger charge is -2.21. The predicted molar refractivity (Wildman–Crippen MR) is 121 cm³/mol. The van der Waals surface area contributed by atoms with Crippen LogP contribution in [-0.2, 0) is 10.0 Å². The number of hydrogen-bond acceptors (Lipinski definition) is 5. The highest BCUT2D eigenvalue weighted by Crippen LogP contribution is 2.30. The predicted octanol–water partition coefficient (Wildman–Crippen LogP) is 4.09. The van der Waals surface area contributed by atoms with Crippen molar-refractivity contribution in [2.45, 2.75) is 11.8 Å². The third-order valence-electron chi connectivity index (χ3n) is 4.85. The molecule has 1 N–H and O–H groups in total. The van der Waals surface area contributed by atoms with Crippen molar-refractivity contribution in [3.8, 4) is 11.5 Å². The fraction of sp³-hybridized carbons (Fsp3) is 0.174. The minimum atomic E-state index is -3.85. The number of para-hydroxylation sites is 1. The van der Waals surface area contributed by atoms with E-state index in [9.17, 15) is 13.2 Å². The Balaban J connectivity index is 1.87. The van der Waals surface area contributed by atoms with Gasteiger partial charge in [-0.2, -0.15) is 0 Å². The minimum absolute atomic E-state index is 0.0261. The van der Waals surface area contributed by atoms with E-state index in [1.54, 1.807) is 42.5 Å². The first-order valence-electron chi connectivity index (χ1n) is 9.46. The van der Waals surface area contributed by atoms with E-state index in [0.717, 1.165) is 5.56 Å². The Kier molecular flexibility index (Phi) is 6.50. The molecule has 0 radical (unpaired) electrons.